The van der Waals surface area contributed by atoms with Gasteiger partial charge < -0.3 is 10.2 Å². The van der Waals surface area contributed by atoms with E-state index in [4.69, 9.17) is 0 Å². The molecule has 0 saturated carbocycles. The minimum Gasteiger partial charge on any atom is -0.342 e. The molecule has 0 bridgehead atoms. The van der Waals surface area contributed by atoms with Crippen molar-refractivity contribution < 1.29 is 9.59 Å². The van der Waals surface area contributed by atoms with Crippen LogP contribution in [0.3, 0.4) is 0 Å². The standard InChI is InChI=1S/C12H17N3O2S/c1-8-7-18-10(13-8)6-15-5-4-9(16)14-12(2,3)11(15)17/h7H,4-6H2,1-3H3,(H,14,16). The normalized spacial score (nSPS) is 19.6. The van der Waals surface area contributed by atoms with Crippen molar-refractivity contribution in [2.45, 2.75) is 39.3 Å². The van der Waals surface area contributed by atoms with Gasteiger partial charge in [0.2, 0.25) is 11.8 Å². The van der Waals surface area contributed by atoms with Crippen molar-refractivity contribution in [2.24, 2.45) is 0 Å². The van der Waals surface area contributed by atoms with Crippen LogP contribution in [-0.2, 0) is 16.1 Å². The fraction of sp³-hybridized carbons (Fsp3) is 0.583. The van der Waals surface area contributed by atoms with Gasteiger partial charge >= 0.3 is 0 Å². The molecule has 1 aromatic heterocycles. The zero-order valence-electron chi connectivity index (χ0n) is 10.8. The van der Waals surface area contributed by atoms with Crippen molar-refractivity contribution in [1.29, 1.82) is 0 Å². The van der Waals surface area contributed by atoms with Crippen LogP contribution in [0.5, 0.6) is 0 Å². The Morgan fingerprint density at radius 1 is 1.50 bits per heavy atom. The van der Waals surface area contributed by atoms with Crippen LogP contribution >= 0.6 is 11.3 Å². The second-order valence-corrected chi connectivity index (χ2v) is 5.98. The van der Waals surface area contributed by atoms with E-state index in [-0.39, 0.29) is 11.8 Å². The van der Waals surface area contributed by atoms with Crippen LogP contribution < -0.4 is 5.32 Å². The Labute approximate surface area is 110 Å². The number of carbonyl (C=O) groups excluding carboxylic acids is 2. The maximum absolute atomic E-state index is 12.3. The van der Waals surface area contributed by atoms with E-state index >= 15 is 0 Å². The van der Waals surface area contributed by atoms with E-state index in [1.165, 1.54) is 0 Å². The lowest BCUT2D eigenvalue weighted by molar-refractivity contribution is -0.137. The molecule has 0 aliphatic carbocycles. The van der Waals surface area contributed by atoms with Crippen LogP contribution in [-0.4, -0.2) is 33.8 Å². The molecular weight excluding hydrogens is 250 g/mol. The molecule has 98 valence electrons. The summed E-state index contributed by atoms with van der Waals surface area (Å²) < 4.78 is 0. The maximum atomic E-state index is 12.3. The van der Waals surface area contributed by atoms with E-state index in [1.54, 1.807) is 30.1 Å². The highest BCUT2D eigenvalue weighted by Gasteiger charge is 2.36. The van der Waals surface area contributed by atoms with Crippen LogP contribution in [0.1, 0.15) is 31.0 Å². The van der Waals surface area contributed by atoms with Gasteiger partial charge in [-0.3, -0.25) is 9.59 Å². The number of amides is 2. The Morgan fingerprint density at radius 3 is 2.83 bits per heavy atom. The third kappa shape index (κ3) is 2.69. The molecule has 18 heavy (non-hydrogen) atoms. The summed E-state index contributed by atoms with van der Waals surface area (Å²) in [7, 11) is 0. The Hall–Kier alpha value is -1.43. The fourth-order valence-electron chi connectivity index (χ4n) is 1.99. The van der Waals surface area contributed by atoms with Gasteiger partial charge in [-0.2, -0.15) is 0 Å². The van der Waals surface area contributed by atoms with Gasteiger partial charge in [0.1, 0.15) is 10.5 Å². The van der Waals surface area contributed by atoms with Crippen LogP contribution in [0, 0.1) is 6.92 Å². The topological polar surface area (TPSA) is 62.3 Å². The molecule has 2 amide bonds. The van der Waals surface area contributed by atoms with Crippen molar-refractivity contribution in [1.82, 2.24) is 15.2 Å². The van der Waals surface area contributed by atoms with Crippen molar-refractivity contribution in [2.75, 3.05) is 6.54 Å². The minimum atomic E-state index is -0.833. The molecule has 0 unspecified atom stereocenters. The van der Waals surface area contributed by atoms with Gasteiger partial charge in [-0.1, -0.05) is 0 Å². The molecule has 5 nitrogen and oxygen atoms in total. The first-order chi connectivity index (χ1) is 8.38. The monoisotopic (exact) mass is 267 g/mol. The van der Waals surface area contributed by atoms with E-state index in [2.05, 4.69) is 10.3 Å². The van der Waals surface area contributed by atoms with Gasteiger partial charge in [-0.15, -0.1) is 11.3 Å². The number of hydrogen-bond acceptors (Lipinski definition) is 4. The zero-order valence-corrected chi connectivity index (χ0v) is 11.6. The van der Waals surface area contributed by atoms with E-state index in [9.17, 15) is 9.59 Å². The van der Waals surface area contributed by atoms with Gasteiger partial charge in [-0.05, 0) is 20.8 Å². The molecule has 0 aromatic carbocycles. The summed E-state index contributed by atoms with van der Waals surface area (Å²) in [5.74, 6) is -0.132. The van der Waals surface area contributed by atoms with Gasteiger partial charge in [0.15, 0.2) is 0 Å². The fourth-order valence-corrected chi connectivity index (χ4v) is 2.77. The summed E-state index contributed by atoms with van der Waals surface area (Å²) in [6.45, 7) is 6.33. The number of nitrogens with zero attached hydrogens (tertiary/aromatic N) is 2. The van der Waals surface area contributed by atoms with Crippen molar-refractivity contribution in [3.8, 4) is 0 Å². The first-order valence-electron chi connectivity index (χ1n) is 5.90. The molecule has 6 heteroatoms. The summed E-state index contributed by atoms with van der Waals surface area (Å²) in [6.07, 6.45) is 0.347. The second kappa shape index (κ2) is 4.68. The molecule has 1 fully saturated rings. The SMILES string of the molecule is Cc1csc(CN2CCC(=O)NC(C)(C)C2=O)n1. The summed E-state index contributed by atoms with van der Waals surface area (Å²) in [5.41, 5.74) is 0.130. The molecule has 0 radical (unpaired) electrons. The number of hydrogen-bond donors (Lipinski definition) is 1. The van der Waals surface area contributed by atoms with E-state index < -0.39 is 5.54 Å². The summed E-state index contributed by atoms with van der Waals surface area (Å²) >= 11 is 1.54. The van der Waals surface area contributed by atoms with Crippen LogP contribution in [0.15, 0.2) is 5.38 Å². The lowest BCUT2D eigenvalue weighted by atomic mass is 10.0. The quantitative estimate of drug-likeness (QED) is 0.872. The van der Waals surface area contributed by atoms with Gasteiger partial charge in [0.05, 0.1) is 6.54 Å². The second-order valence-electron chi connectivity index (χ2n) is 5.03. The number of thiazole rings is 1. The van der Waals surface area contributed by atoms with Crippen LogP contribution in [0.2, 0.25) is 0 Å². The third-order valence-corrected chi connectivity index (χ3v) is 3.83. The first kappa shape index (κ1) is 13.0. The summed E-state index contributed by atoms with van der Waals surface area (Å²) in [5, 5.41) is 5.61. The molecule has 1 N–H and O–H groups in total. The van der Waals surface area contributed by atoms with Gasteiger partial charge in [-0.25, -0.2) is 4.98 Å². The van der Waals surface area contributed by atoms with Crippen LogP contribution in [0.4, 0.5) is 0 Å². The lowest BCUT2D eigenvalue weighted by Gasteiger charge is -2.28. The Bertz CT molecular complexity index is 481. The number of aryl methyl sites for hydroxylation is 1. The molecule has 1 aliphatic heterocycles. The summed E-state index contributed by atoms with van der Waals surface area (Å²) in [6, 6.07) is 0. The largest absolute Gasteiger partial charge is 0.342 e. The Morgan fingerprint density at radius 2 is 2.22 bits per heavy atom. The lowest BCUT2D eigenvalue weighted by Crippen LogP contribution is -2.52. The molecule has 1 aliphatic rings. The highest BCUT2D eigenvalue weighted by molar-refractivity contribution is 7.09. The van der Waals surface area contributed by atoms with Gasteiger partial charge in [0.25, 0.3) is 0 Å². The predicted octanol–water partition coefficient (Wildman–Crippen LogP) is 1.08. The zero-order chi connectivity index (χ0) is 13.3. The van der Waals surface area contributed by atoms with E-state index in [1.807, 2.05) is 12.3 Å². The highest BCUT2D eigenvalue weighted by atomic mass is 32.1. The molecule has 2 rings (SSSR count). The number of nitrogens with one attached hydrogen (secondary N) is 1. The van der Waals surface area contributed by atoms with Crippen molar-refractivity contribution >= 4 is 23.2 Å². The van der Waals surface area contributed by atoms with E-state index in [0.717, 1.165) is 10.7 Å². The number of carbonyl (C=O) groups is 2. The van der Waals surface area contributed by atoms with Crippen LogP contribution in [0.25, 0.3) is 0 Å². The molecule has 0 atom stereocenters. The number of aromatic nitrogens is 1. The molecule has 0 spiro atoms. The third-order valence-electron chi connectivity index (χ3n) is 2.88. The molecule has 1 saturated heterocycles. The van der Waals surface area contributed by atoms with Gasteiger partial charge in [0, 0.05) is 24.0 Å². The minimum absolute atomic E-state index is 0.0544. The van der Waals surface area contributed by atoms with E-state index in [0.29, 0.717) is 19.5 Å². The number of rotatable bonds is 2. The van der Waals surface area contributed by atoms with Crippen molar-refractivity contribution in [3.05, 3.63) is 16.1 Å². The molecule has 1 aromatic rings. The average molecular weight is 267 g/mol. The highest BCUT2D eigenvalue weighted by Crippen LogP contribution is 2.18. The predicted molar refractivity (Wildman–Crippen MR) is 69.1 cm³/mol. The average Bonchev–Trinajstić information content (AvgIpc) is 2.64. The Kier molecular flexibility index (Phi) is 3.38. The first-order valence-corrected chi connectivity index (χ1v) is 6.78. The van der Waals surface area contributed by atoms with Crippen molar-refractivity contribution in [3.63, 3.8) is 0 Å². The smallest absolute Gasteiger partial charge is 0.248 e. The molecular formula is C12H17N3O2S. The molecule has 2 heterocycles. The summed E-state index contributed by atoms with van der Waals surface area (Å²) in [4.78, 5) is 29.9. The Balaban J connectivity index is 2.16. The maximum Gasteiger partial charge on any atom is 0.248 e.